The quantitative estimate of drug-likeness (QED) is 0.841. The summed E-state index contributed by atoms with van der Waals surface area (Å²) >= 11 is 0. The minimum atomic E-state index is -0.215. The molecule has 1 amide bonds. The predicted molar refractivity (Wildman–Crippen MR) is 83.4 cm³/mol. The van der Waals surface area contributed by atoms with Crippen LogP contribution < -0.4 is 4.90 Å². The third-order valence-electron chi connectivity index (χ3n) is 5.09. The zero-order valence-electron chi connectivity index (χ0n) is 13.2. The van der Waals surface area contributed by atoms with Crippen molar-refractivity contribution in [2.45, 2.75) is 37.8 Å². The first-order valence-electron chi connectivity index (χ1n) is 7.87. The van der Waals surface area contributed by atoms with Gasteiger partial charge in [-0.25, -0.2) is 4.39 Å². The Morgan fingerprint density at radius 3 is 2.55 bits per heavy atom. The van der Waals surface area contributed by atoms with E-state index in [1.54, 1.807) is 19.1 Å². The van der Waals surface area contributed by atoms with Gasteiger partial charge in [0, 0.05) is 32.7 Å². The summed E-state index contributed by atoms with van der Waals surface area (Å²) in [7, 11) is 2.03. The van der Waals surface area contributed by atoms with Crippen molar-refractivity contribution in [3.8, 4) is 0 Å². The van der Waals surface area contributed by atoms with E-state index in [0.29, 0.717) is 12.6 Å². The molecule has 3 rings (SSSR count). The smallest absolute Gasteiger partial charge is 0.219 e. The molecule has 1 aromatic carbocycles. The molecule has 2 aliphatic heterocycles. The summed E-state index contributed by atoms with van der Waals surface area (Å²) in [4.78, 5) is 15.5. The zero-order chi connectivity index (χ0) is 15.7. The monoisotopic (exact) mass is 306 g/mol. The Kier molecular flexibility index (Phi) is 4.08. The minimum Gasteiger partial charge on any atom is -0.373 e. The molecule has 0 radical (unpaired) electrons. The van der Waals surface area contributed by atoms with Crippen molar-refractivity contribution in [3.05, 3.63) is 30.1 Å². The van der Waals surface area contributed by atoms with Crippen LogP contribution in [-0.4, -0.2) is 49.2 Å². The summed E-state index contributed by atoms with van der Waals surface area (Å²) in [5, 5.41) is 0. The molecular formula is C17H23FN2O2. The Labute approximate surface area is 130 Å². The van der Waals surface area contributed by atoms with E-state index >= 15 is 0 Å². The van der Waals surface area contributed by atoms with Crippen LogP contribution >= 0.6 is 0 Å². The molecule has 0 bridgehead atoms. The number of carbonyl (C=O) groups is 1. The first-order chi connectivity index (χ1) is 10.5. The van der Waals surface area contributed by atoms with Crippen molar-refractivity contribution in [1.82, 2.24) is 4.90 Å². The summed E-state index contributed by atoms with van der Waals surface area (Å²) in [6.07, 6.45) is 2.77. The number of anilines is 1. The summed E-state index contributed by atoms with van der Waals surface area (Å²) in [5.74, 6) is -0.0688. The molecular weight excluding hydrogens is 283 g/mol. The number of likely N-dealkylation sites (tertiary alicyclic amines) is 1. The van der Waals surface area contributed by atoms with Gasteiger partial charge in [0.25, 0.3) is 0 Å². The lowest BCUT2D eigenvalue weighted by Gasteiger charge is -2.38. The number of rotatable bonds is 2. The van der Waals surface area contributed by atoms with Crippen LogP contribution in [0.1, 0.15) is 26.2 Å². The van der Waals surface area contributed by atoms with Crippen LogP contribution in [0.2, 0.25) is 0 Å². The molecule has 5 heteroatoms. The van der Waals surface area contributed by atoms with Gasteiger partial charge >= 0.3 is 0 Å². The SMILES string of the molecule is CC(=O)N1CCC2(CC1)C[C@@H](N(C)c1ccc(F)cc1)CO2. The van der Waals surface area contributed by atoms with E-state index in [1.165, 1.54) is 12.1 Å². The number of nitrogens with zero attached hydrogens (tertiary/aromatic N) is 2. The molecule has 22 heavy (non-hydrogen) atoms. The fourth-order valence-corrected chi connectivity index (χ4v) is 3.53. The van der Waals surface area contributed by atoms with E-state index in [2.05, 4.69) is 4.90 Å². The van der Waals surface area contributed by atoms with Gasteiger partial charge in [0.15, 0.2) is 0 Å². The molecule has 0 aliphatic carbocycles. The minimum absolute atomic E-state index is 0.0924. The number of carbonyl (C=O) groups excluding carboxylic acids is 1. The Balaban J connectivity index is 1.62. The molecule has 1 atom stereocenters. The molecule has 2 saturated heterocycles. The van der Waals surface area contributed by atoms with Crippen LogP contribution in [0.3, 0.4) is 0 Å². The fraction of sp³-hybridized carbons (Fsp3) is 0.588. The molecule has 1 aromatic rings. The normalized spacial score (nSPS) is 23.8. The van der Waals surface area contributed by atoms with Crippen LogP contribution in [0, 0.1) is 5.82 Å². The van der Waals surface area contributed by atoms with E-state index < -0.39 is 0 Å². The highest BCUT2D eigenvalue weighted by atomic mass is 19.1. The van der Waals surface area contributed by atoms with Crippen LogP contribution in [0.5, 0.6) is 0 Å². The van der Waals surface area contributed by atoms with Crippen LogP contribution in [0.15, 0.2) is 24.3 Å². The summed E-state index contributed by atoms with van der Waals surface area (Å²) in [6.45, 7) is 3.87. The standard InChI is InChI=1S/C17H23FN2O2/c1-13(21)20-9-7-17(8-10-20)11-16(12-22-17)19(2)15-5-3-14(18)4-6-15/h3-6,16H,7-12H2,1-2H3/t16-/m1/s1. The number of hydrogen-bond acceptors (Lipinski definition) is 3. The maximum Gasteiger partial charge on any atom is 0.219 e. The Morgan fingerprint density at radius 2 is 1.95 bits per heavy atom. The molecule has 4 nitrogen and oxygen atoms in total. The lowest BCUT2D eigenvalue weighted by Crippen LogP contribution is -2.46. The van der Waals surface area contributed by atoms with E-state index in [-0.39, 0.29) is 17.3 Å². The van der Waals surface area contributed by atoms with Gasteiger partial charge in [-0.2, -0.15) is 0 Å². The van der Waals surface area contributed by atoms with Crippen molar-refractivity contribution in [2.24, 2.45) is 0 Å². The van der Waals surface area contributed by atoms with E-state index in [9.17, 15) is 9.18 Å². The van der Waals surface area contributed by atoms with E-state index in [4.69, 9.17) is 4.74 Å². The van der Waals surface area contributed by atoms with Gasteiger partial charge in [-0.15, -0.1) is 0 Å². The fourth-order valence-electron chi connectivity index (χ4n) is 3.53. The van der Waals surface area contributed by atoms with Gasteiger partial charge in [-0.05, 0) is 43.5 Å². The van der Waals surface area contributed by atoms with Gasteiger partial charge in [0.1, 0.15) is 5.82 Å². The average Bonchev–Trinajstić information content (AvgIpc) is 2.91. The van der Waals surface area contributed by atoms with Gasteiger partial charge in [-0.3, -0.25) is 4.79 Å². The summed E-state index contributed by atoms with van der Waals surface area (Å²) in [5.41, 5.74) is 0.915. The van der Waals surface area contributed by atoms with Crippen molar-refractivity contribution < 1.29 is 13.9 Å². The van der Waals surface area contributed by atoms with Crippen molar-refractivity contribution in [3.63, 3.8) is 0 Å². The number of piperidine rings is 1. The molecule has 0 N–H and O–H groups in total. The van der Waals surface area contributed by atoms with Gasteiger partial charge < -0.3 is 14.5 Å². The van der Waals surface area contributed by atoms with Crippen molar-refractivity contribution >= 4 is 11.6 Å². The van der Waals surface area contributed by atoms with Crippen LogP contribution in [0.4, 0.5) is 10.1 Å². The van der Waals surface area contributed by atoms with E-state index in [1.807, 2.05) is 11.9 Å². The zero-order valence-corrected chi connectivity index (χ0v) is 13.2. The second-order valence-electron chi connectivity index (χ2n) is 6.45. The molecule has 0 unspecified atom stereocenters. The second-order valence-corrected chi connectivity index (χ2v) is 6.45. The molecule has 2 aliphatic rings. The highest BCUT2D eigenvalue weighted by Gasteiger charge is 2.44. The highest BCUT2D eigenvalue weighted by Crippen LogP contribution is 2.38. The number of hydrogen-bond donors (Lipinski definition) is 0. The number of halogens is 1. The Hall–Kier alpha value is -1.62. The highest BCUT2D eigenvalue weighted by molar-refractivity contribution is 5.73. The lowest BCUT2D eigenvalue weighted by molar-refractivity contribution is -0.133. The summed E-state index contributed by atoms with van der Waals surface area (Å²) < 4.78 is 19.2. The maximum atomic E-state index is 13.0. The molecule has 2 fully saturated rings. The largest absolute Gasteiger partial charge is 0.373 e. The molecule has 120 valence electrons. The molecule has 2 heterocycles. The Morgan fingerprint density at radius 1 is 1.32 bits per heavy atom. The van der Waals surface area contributed by atoms with E-state index in [0.717, 1.165) is 38.0 Å². The number of benzene rings is 1. The topological polar surface area (TPSA) is 32.8 Å². The van der Waals surface area contributed by atoms with Gasteiger partial charge in [0.05, 0.1) is 18.2 Å². The third-order valence-corrected chi connectivity index (χ3v) is 5.09. The molecule has 0 aromatic heterocycles. The third kappa shape index (κ3) is 2.95. The van der Waals surface area contributed by atoms with Crippen molar-refractivity contribution in [2.75, 3.05) is 31.6 Å². The maximum absolute atomic E-state index is 13.0. The number of likely N-dealkylation sites (N-methyl/N-ethyl adjacent to an activating group) is 1. The van der Waals surface area contributed by atoms with Crippen LogP contribution in [0.25, 0.3) is 0 Å². The first-order valence-corrected chi connectivity index (χ1v) is 7.87. The number of ether oxygens (including phenoxy) is 1. The second kappa shape index (κ2) is 5.88. The first kappa shape index (κ1) is 15.3. The molecule has 0 saturated carbocycles. The van der Waals surface area contributed by atoms with Gasteiger partial charge in [-0.1, -0.05) is 0 Å². The predicted octanol–water partition coefficient (Wildman–Crippen LogP) is 2.43. The van der Waals surface area contributed by atoms with Crippen LogP contribution in [-0.2, 0) is 9.53 Å². The number of amides is 1. The molecule has 1 spiro atoms. The van der Waals surface area contributed by atoms with Gasteiger partial charge in [0.2, 0.25) is 5.91 Å². The van der Waals surface area contributed by atoms with Crippen molar-refractivity contribution in [1.29, 1.82) is 0 Å². The lowest BCUT2D eigenvalue weighted by atomic mass is 9.87. The summed E-state index contributed by atoms with van der Waals surface area (Å²) in [6, 6.07) is 6.89. The average molecular weight is 306 g/mol. The Bertz CT molecular complexity index is 538.